The Balaban J connectivity index is 4.55. The molecule has 4 heteroatoms. The summed E-state index contributed by atoms with van der Waals surface area (Å²) in [5.41, 5.74) is -1.09. The lowest BCUT2D eigenvalue weighted by atomic mass is 9.88. The van der Waals surface area contributed by atoms with E-state index in [2.05, 4.69) is 0 Å². The molecule has 0 fully saturated rings. The summed E-state index contributed by atoms with van der Waals surface area (Å²) in [5, 5.41) is 17.8. The number of carbonyl (C=O) groups is 1. The van der Waals surface area contributed by atoms with E-state index in [-0.39, 0.29) is 0 Å². The summed E-state index contributed by atoms with van der Waals surface area (Å²) in [6.45, 7) is 3.23. The van der Waals surface area contributed by atoms with Gasteiger partial charge in [-0.1, -0.05) is 6.92 Å². The van der Waals surface area contributed by atoms with Gasteiger partial charge >= 0.3 is 0 Å². The second-order valence-corrected chi connectivity index (χ2v) is 2.63. The van der Waals surface area contributed by atoms with Crippen LogP contribution in [0.5, 0.6) is 0 Å². The molecule has 0 aromatic rings. The molecule has 0 aliphatic heterocycles. The monoisotopic (exact) mass is 156 g/mol. The van der Waals surface area contributed by atoms with E-state index >= 15 is 0 Å². The zero-order valence-electron chi connectivity index (χ0n) is 6.96. The van der Waals surface area contributed by atoms with Crippen LogP contribution in [-0.2, 0) is 4.79 Å². The van der Waals surface area contributed by atoms with Crippen LogP contribution >= 0.6 is 0 Å². The first-order valence-corrected chi connectivity index (χ1v) is 3.36. The highest BCUT2D eigenvalue weighted by Crippen LogP contribution is 2.21. The minimum absolute atomic E-state index is 0.396. The maximum absolute atomic E-state index is 11.1. The smallest absolute Gasteiger partial charge is 0.265 e. The molecular weight excluding hydrogens is 144 g/mol. The lowest BCUT2D eigenvalue weighted by Crippen LogP contribution is -2.36. The molecule has 0 bridgehead atoms. The minimum Gasteiger partial charge on any atom is -0.286 e. The molecule has 0 aliphatic carbocycles. The molecule has 0 aromatic heterocycles. The number of hydroxylamine groups is 2. The van der Waals surface area contributed by atoms with Crippen LogP contribution in [0.2, 0.25) is 0 Å². The Morgan fingerprint density at radius 2 is 2.27 bits per heavy atom. The van der Waals surface area contributed by atoms with Crippen LogP contribution < -0.4 is 0 Å². The number of amides is 1. The van der Waals surface area contributed by atoms with Gasteiger partial charge in [-0.05, 0) is 13.3 Å². The Labute approximate surface area is 66.0 Å². The molecule has 0 saturated carbocycles. The van der Waals surface area contributed by atoms with Crippen LogP contribution in [-0.4, -0.2) is 23.2 Å². The van der Waals surface area contributed by atoms with Gasteiger partial charge in [0.05, 0.1) is 6.07 Å². The van der Waals surface area contributed by atoms with Crippen LogP contribution in [0.3, 0.4) is 0 Å². The Kier molecular flexibility index (Phi) is 3.02. The molecular formula is C7H12N2O2. The van der Waals surface area contributed by atoms with Crippen molar-refractivity contribution in [3.63, 3.8) is 0 Å². The van der Waals surface area contributed by atoms with E-state index in [0.29, 0.717) is 11.5 Å². The predicted molar refractivity (Wildman–Crippen MR) is 38.6 cm³/mol. The normalized spacial score (nSPS) is 14.8. The van der Waals surface area contributed by atoms with Crippen molar-refractivity contribution >= 4 is 5.91 Å². The van der Waals surface area contributed by atoms with E-state index in [0.717, 1.165) is 0 Å². The van der Waals surface area contributed by atoms with Gasteiger partial charge in [0.15, 0.2) is 0 Å². The van der Waals surface area contributed by atoms with Crippen molar-refractivity contribution in [2.24, 2.45) is 5.41 Å². The highest BCUT2D eigenvalue weighted by molar-refractivity contribution is 5.83. The number of hydrogen-bond donors (Lipinski definition) is 1. The average Bonchev–Trinajstić information content (AvgIpc) is 2.01. The minimum atomic E-state index is -1.09. The Bertz CT molecular complexity index is 195. The van der Waals surface area contributed by atoms with Gasteiger partial charge in [0.2, 0.25) is 0 Å². The Morgan fingerprint density at radius 1 is 1.82 bits per heavy atom. The summed E-state index contributed by atoms with van der Waals surface area (Å²) in [6, 6.07) is 1.86. The third-order valence-corrected chi connectivity index (χ3v) is 1.72. The van der Waals surface area contributed by atoms with Gasteiger partial charge in [-0.2, -0.15) is 5.26 Å². The lowest BCUT2D eigenvalue weighted by Gasteiger charge is -2.20. The molecule has 0 saturated heterocycles. The van der Waals surface area contributed by atoms with Crippen LogP contribution in [0.4, 0.5) is 0 Å². The first kappa shape index (κ1) is 9.92. The standard InChI is InChI=1S/C7H12N2O2/c1-4-7(2,5-8)6(10)9(3)11/h11H,4H2,1-3H3. The lowest BCUT2D eigenvalue weighted by molar-refractivity contribution is -0.167. The van der Waals surface area contributed by atoms with E-state index in [9.17, 15) is 4.79 Å². The van der Waals surface area contributed by atoms with E-state index in [4.69, 9.17) is 10.5 Å². The molecule has 0 rings (SSSR count). The van der Waals surface area contributed by atoms with Crippen LogP contribution in [0.25, 0.3) is 0 Å². The molecule has 1 atom stereocenters. The van der Waals surface area contributed by atoms with Gasteiger partial charge in [-0.3, -0.25) is 10.0 Å². The molecule has 0 aliphatic rings. The zero-order chi connectivity index (χ0) is 9.07. The maximum Gasteiger partial charge on any atom is 0.265 e. The summed E-state index contributed by atoms with van der Waals surface area (Å²) in [5.74, 6) is -0.567. The van der Waals surface area contributed by atoms with E-state index < -0.39 is 11.3 Å². The van der Waals surface area contributed by atoms with Crippen LogP contribution in [0.15, 0.2) is 0 Å². The number of nitriles is 1. The largest absolute Gasteiger partial charge is 0.286 e. The quantitative estimate of drug-likeness (QED) is 0.474. The van der Waals surface area contributed by atoms with E-state index in [1.54, 1.807) is 6.92 Å². The van der Waals surface area contributed by atoms with Gasteiger partial charge in [0.1, 0.15) is 5.41 Å². The third-order valence-electron chi connectivity index (χ3n) is 1.72. The molecule has 0 heterocycles. The fourth-order valence-electron chi connectivity index (χ4n) is 0.635. The van der Waals surface area contributed by atoms with Gasteiger partial charge in [-0.15, -0.1) is 0 Å². The van der Waals surface area contributed by atoms with Crippen molar-refractivity contribution in [2.75, 3.05) is 7.05 Å². The summed E-state index contributed by atoms with van der Waals surface area (Å²) in [4.78, 5) is 11.1. The second-order valence-electron chi connectivity index (χ2n) is 2.63. The van der Waals surface area contributed by atoms with E-state index in [1.807, 2.05) is 6.07 Å². The number of carbonyl (C=O) groups excluding carboxylic acids is 1. The topological polar surface area (TPSA) is 64.3 Å². The maximum atomic E-state index is 11.1. The highest BCUT2D eigenvalue weighted by atomic mass is 16.5. The van der Waals surface area contributed by atoms with Crippen molar-refractivity contribution in [3.05, 3.63) is 0 Å². The second kappa shape index (κ2) is 3.35. The summed E-state index contributed by atoms with van der Waals surface area (Å²) in [6.07, 6.45) is 0.396. The Hall–Kier alpha value is -1.08. The van der Waals surface area contributed by atoms with Crippen molar-refractivity contribution in [1.82, 2.24) is 5.06 Å². The number of nitrogens with zero attached hydrogens (tertiary/aromatic N) is 2. The molecule has 62 valence electrons. The number of rotatable bonds is 2. The SMILES string of the molecule is CCC(C)(C#N)C(=O)N(C)O. The summed E-state index contributed by atoms with van der Waals surface area (Å²) in [7, 11) is 1.22. The van der Waals surface area contributed by atoms with E-state index in [1.165, 1.54) is 14.0 Å². The first-order valence-electron chi connectivity index (χ1n) is 3.36. The predicted octanol–water partition coefficient (Wildman–Crippen LogP) is 0.774. The molecule has 1 unspecified atom stereocenters. The van der Waals surface area contributed by atoms with Crippen LogP contribution in [0, 0.1) is 16.7 Å². The van der Waals surface area contributed by atoms with Crippen LogP contribution in [0.1, 0.15) is 20.3 Å². The fourth-order valence-corrected chi connectivity index (χ4v) is 0.635. The zero-order valence-corrected chi connectivity index (χ0v) is 6.96. The summed E-state index contributed by atoms with van der Waals surface area (Å²) >= 11 is 0. The van der Waals surface area contributed by atoms with Gasteiger partial charge in [0, 0.05) is 7.05 Å². The first-order chi connectivity index (χ1) is 4.98. The van der Waals surface area contributed by atoms with Crippen molar-refractivity contribution in [2.45, 2.75) is 20.3 Å². The molecule has 0 radical (unpaired) electrons. The van der Waals surface area contributed by atoms with Gasteiger partial charge in [-0.25, -0.2) is 5.06 Å². The van der Waals surface area contributed by atoms with Crippen molar-refractivity contribution < 1.29 is 10.0 Å². The number of hydrogen-bond acceptors (Lipinski definition) is 3. The molecule has 1 N–H and O–H groups in total. The molecule has 1 amide bonds. The van der Waals surface area contributed by atoms with Crippen molar-refractivity contribution in [3.8, 4) is 6.07 Å². The highest BCUT2D eigenvalue weighted by Gasteiger charge is 2.33. The fraction of sp³-hybridized carbons (Fsp3) is 0.714. The summed E-state index contributed by atoms with van der Waals surface area (Å²) < 4.78 is 0. The molecule has 0 spiro atoms. The van der Waals surface area contributed by atoms with Gasteiger partial charge < -0.3 is 0 Å². The third kappa shape index (κ3) is 1.92. The Morgan fingerprint density at radius 3 is 2.36 bits per heavy atom. The molecule has 4 nitrogen and oxygen atoms in total. The average molecular weight is 156 g/mol. The van der Waals surface area contributed by atoms with Crippen molar-refractivity contribution in [1.29, 1.82) is 5.26 Å². The molecule has 0 aromatic carbocycles. The molecule has 11 heavy (non-hydrogen) atoms. The van der Waals surface area contributed by atoms with Gasteiger partial charge in [0.25, 0.3) is 5.91 Å².